The molecule has 0 bridgehead atoms. The lowest BCUT2D eigenvalue weighted by Gasteiger charge is -2.40. The lowest BCUT2D eigenvalue weighted by molar-refractivity contribution is -0.260. The Bertz CT molecular complexity index is 410. The first kappa shape index (κ1) is 17.7. The highest BCUT2D eigenvalue weighted by molar-refractivity contribution is 6.21. The number of alkyl halides is 1. The van der Waals surface area contributed by atoms with Gasteiger partial charge in [-0.3, -0.25) is 14.4 Å². The van der Waals surface area contributed by atoms with Crippen LogP contribution >= 0.6 is 11.6 Å². The van der Waals surface area contributed by atoms with Crippen LogP contribution in [-0.4, -0.2) is 59.6 Å². The number of esters is 3. The number of hydrogen-bond acceptors (Lipinski definition) is 8. The molecule has 1 aliphatic heterocycles. The van der Waals surface area contributed by atoms with Crippen molar-refractivity contribution in [3.63, 3.8) is 0 Å². The molecule has 9 heteroatoms. The maximum absolute atomic E-state index is 11.1. The number of ether oxygens (including phenoxy) is 4. The van der Waals surface area contributed by atoms with Crippen LogP contribution < -0.4 is 0 Å². The standard InChI is InChI=1S/C12H17ClO8/c1-5(14)18-4-8-10(19-6(2)15)9(13)11(12(17)21-8)20-7(3)16/h8-12,17H,4H2,1-3H3/t8-,9+,10-,11-,12+/m1/s1. The lowest BCUT2D eigenvalue weighted by Crippen LogP contribution is -2.59. The molecule has 0 unspecified atom stereocenters. The van der Waals surface area contributed by atoms with E-state index in [0.717, 1.165) is 6.92 Å². The largest absolute Gasteiger partial charge is 0.463 e. The number of carbonyl (C=O) groups is 3. The summed E-state index contributed by atoms with van der Waals surface area (Å²) in [5.74, 6) is -1.88. The molecule has 1 rings (SSSR count). The summed E-state index contributed by atoms with van der Waals surface area (Å²) in [6, 6.07) is 0. The first-order valence-electron chi connectivity index (χ1n) is 6.17. The van der Waals surface area contributed by atoms with Crippen LogP contribution in [0, 0.1) is 0 Å². The fourth-order valence-corrected chi connectivity index (χ4v) is 2.25. The molecule has 1 fully saturated rings. The monoisotopic (exact) mass is 324 g/mol. The molecule has 0 aliphatic carbocycles. The molecule has 8 nitrogen and oxygen atoms in total. The molecule has 0 radical (unpaired) electrons. The van der Waals surface area contributed by atoms with Crippen LogP contribution in [0.1, 0.15) is 20.8 Å². The molecule has 0 aromatic carbocycles. The van der Waals surface area contributed by atoms with Gasteiger partial charge in [0.25, 0.3) is 0 Å². The highest BCUT2D eigenvalue weighted by atomic mass is 35.5. The molecule has 1 heterocycles. The van der Waals surface area contributed by atoms with Crippen LogP contribution in [0.5, 0.6) is 0 Å². The van der Waals surface area contributed by atoms with Gasteiger partial charge in [-0.25, -0.2) is 0 Å². The molecule has 1 saturated heterocycles. The summed E-state index contributed by atoms with van der Waals surface area (Å²) in [5, 5.41) is 8.76. The predicted octanol–water partition coefficient (Wildman–Crippen LogP) is -0.263. The van der Waals surface area contributed by atoms with Gasteiger partial charge < -0.3 is 24.1 Å². The Morgan fingerprint density at radius 3 is 2.05 bits per heavy atom. The maximum Gasteiger partial charge on any atom is 0.303 e. The minimum Gasteiger partial charge on any atom is -0.463 e. The van der Waals surface area contributed by atoms with Crippen LogP contribution in [0.3, 0.4) is 0 Å². The quantitative estimate of drug-likeness (QED) is 0.428. The van der Waals surface area contributed by atoms with Crippen LogP contribution in [0.25, 0.3) is 0 Å². The van der Waals surface area contributed by atoms with Gasteiger partial charge in [-0.1, -0.05) is 0 Å². The fourth-order valence-electron chi connectivity index (χ4n) is 1.86. The zero-order valence-corrected chi connectivity index (χ0v) is 12.5. The second-order valence-electron chi connectivity index (χ2n) is 4.46. The van der Waals surface area contributed by atoms with E-state index in [1.54, 1.807) is 0 Å². The van der Waals surface area contributed by atoms with Crippen molar-refractivity contribution >= 4 is 29.5 Å². The smallest absolute Gasteiger partial charge is 0.303 e. The van der Waals surface area contributed by atoms with Gasteiger partial charge in [-0.15, -0.1) is 11.6 Å². The van der Waals surface area contributed by atoms with Gasteiger partial charge in [-0.05, 0) is 0 Å². The van der Waals surface area contributed by atoms with Crippen molar-refractivity contribution in [1.29, 1.82) is 0 Å². The van der Waals surface area contributed by atoms with Gasteiger partial charge in [0.2, 0.25) is 0 Å². The number of rotatable bonds is 4. The van der Waals surface area contributed by atoms with Gasteiger partial charge in [0, 0.05) is 20.8 Å². The van der Waals surface area contributed by atoms with E-state index in [1.807, 2.05) is 0 Å². The third-order valence-corrected chi connectivity index (χ3v) is 3.14. The molecule has 0 aromatic heterocycles. The van der Waals surface area contributed by atoms with Crippen molar-refractivity contribution in [2.45, 2.75) is 50.8 Å². The highest BCUT2D eigenvalue weighted by Gasteiger charge is 2.48. The maximum atomic E-state index is 11.1. The first-order chi connectivity index (χ1) is 9.72. The van der Waals surface area contributed by atoms with E-state index in [1.165, 1.54) is 13.8 Å². The Morgan fingerprint density at radius 1 is 1.05 bits per heavy atom. The molecule has 1 N–H and O–H groups in total. The predicted molar refractivity (Wildman–Crippen MR) is 68.3 cm³/mol. The second-order valence-corrected chi connectivity index (χ2v) is 4.96. The van der Waals surface area contributed by atoms with Gasteiger partial charge in [-0.2, -0.15) is 0 Å². The average molecular weight is 325 g/mol. The Labute approximate surface area is 126 Å². The number of hydrogen-bond donors (Lipinski definition) is 1. The van der Waals surface area contributed by atoms with Crippen molar-refractivity contribution in [3.05, 3.63) is 0 Å². The van der Waals surface area contributed by atoms with Crippen molar-refractivity contribution in [2.75, 3.05) is 6.61 Å². The van der Waals surface area contributed by atoms with Crippen LogP contribution in [0.4, 0.5) is 0 Å². The summed E-state index contributed by atoms with van der Waals surface area (Å²) < 4.78 is 19.8. The van der Waals surface area contributed by atoms with Gasteiger partial charge >= 0.3 is 17.9 Å². The van der Waals surface area contributed by atoms with E-state index in [0.29, 0.717) is 0 Å². The minimum absolute atomic E-state index is 0.264. The molecule has 0 spiro atoms. The molecule has 0 aromatic rings. The SMILES string of the molecule is CC(=O)OC[C@H]1O[C@H](O)[C@H](OC(C)=O)[C@@H](Cl)[C@@H]1OC(C)=O. The van der Waals surface area contributed by atoms with Crippen LogP contribution in [0.15, 0.2) is 0 Å². The van der Waals surface area contributed by atoms with Crippen molar-refractivity contribution in [1.82, 2.24) is 0 Å². The van der Waals surface area contributed by atoms with Crippen LogP contribution in [0.2, 0.25) is 0 Å². The number of carbonyl (C=O) groups excluding carboxylic acids is 3. The fraction of sp³-hybridized carbons (Fsp3) is 0.750. The molecule has 21 heavy (non-hydrogen) atoms. The highest BCUT2D eigenvalue weighted by Crippen LogP contribution is 2.29. The second kappa shape index (κ2) is 7.58. The third-order valence-electron chi connectivity index (χ3n) is 2.64. The minimum atomic E-state index is -1.52. The van der Waals surface area contributed by atoms with E-state index >= 15 is 0 Å². The van der Waals surface area contributed by atoms with E-state index in [9.17, 15) is 19.5 Å². The van der Waals surface area contributed by atoms with Crippen LogP contribution in [-0.2, 0) is 33.3 Å². The van der Waals surface area contributed by atoms with Gasteiger partial charge in [0.15, 0.2) is 18.5 Å². The first-order valence-corrected chi connectivity index (χ1v) is 6.61. The zero-order valence-electron chi connectivity index (χ0n) is 11.8. The Kier molecular flexibility index (Phi) is 6.38. The molecule has 5 atom stereocenters. The molecule has 120 valence electrons. The lowest BCUT2D eigenvalue weighted by atomic mass is 10.0. The van der Waals surface area contributed by atoms with Gasteiger partial charge in [0.1, 0.15) is 18.1 Å². The van der Waals surface area contributed by atoms with E-state index in [2.05, 4.69) is 0 Å². The summed E-state index contributed by atoms with van der Waals surface area (Å²) in [5.41, 5.74) is 0. The Hall–Kier alpha value is -1.38. The van der Waals surface area contributed by atoms with Crippen molar-refractivity contribution < 1.29 is 38.4 Å². The Balaban J connectivity index is 2.86. The summed E-state index contributed by atoms with van der Waals surface area (Å²) >= 11 is 6.11. The third kappa shape index (κ3) is 5.14. The summed E-state index contributed by atoms with van der Waals surface area (Å²) in [6.07, 6.45) is -4.75. The molecule has 1 aliphatic rings. The average Bonchev–Trinajstić information content (AvgIpc) is 2.35. The summed E-state index contributed by atoms with van der Waals surface area (Å²) in [6.45, 7) is 3.24. The molecule has 0 amide bonds. The van der Waals surface area contributed by atoms with Crippen molar-refractivity contribution in [2.24, 2.45) is 0 Å². The summed E-state index contributed by atoms with van der Waals surface area (Å²) in [7, 11) is 0. The van der Waals surface area contributed by atoms with Crippen molar-refractivity contribution in [3.8, 4) is 0 Å². The summed E-state index contributed by atoms with van der Waals surface area (Å²) in [4.78, 5) is 33.0. The topological polar surface area (TPSA) is 108 Å². The van der Waals surface area contributed by atoms with E-state index in [4.69, 9.17) is 30.5 Å². The van der Waals surface area contributed by atoms with E-state index in [-0.39, 0.29) is 6.61 Å². The molecule has 0 saturated carbocycles. The van der Waals surface area contributed by atoms with Gasteiger partial charge in [0.05, 0.1) is 0 Å². The molecular weight excluding hydrogens is 308 g/mol. The number of halogens is 1. The Morgan fingerprint density at radius 2 is 1.57 bits per heavy atom. The normalized spacial score (nSPS) is 32.1. The molecular formula is C12H17ClO8. The zero-order chi connectivity index (χ0) is 16.2. The van der Waals surface area contributed by atoms with E-state index < -0.39 is 47.9 Å². The number of aliphatic hydroxyl groups excluding tert-OH is 1. The number of aliphatic hydroxyl groups is 1.